The first-order valence-corrected chi connectivity index (χ1v) is 6.24. The molecule has 1 rings (SSSR count). The summed E-state index contributed by atoms with van der Waals surface area (Å²) in [5, 5.41) is 3.43. The van der Waals surface area contributed by atoms with E-state index in [0.717, 1.165) is 37.5 Å². The fraction of sp³-hybridized carbons (Fsp3) is 0.571. The van der Waals surface area contributed by atoms with Gasteiger partial charge in [-0.3, -0.25) is 0 Å². The van der Waals surface area contributed by atoms with E-state index in [-0.39, 0.29) is 0 Å². The number of ether oxygens (including phenoxy) is 2. The van der Waals surface area contributed by atoms with E-state index in [0.29, 0.717) is 6.04 Å². The van der Waals surface area contributed by atoms with Crippen LogP contribution in [-0.2, 0) is 4.74 Å². The Morgan fingerprint density at radius 1 is 1.29 bits per heavy atom. The van der Waals surface area contributed by atoms with Crippen LogP contribution in [0.2, 0.25) is 0 Å². The van der Waals surface area contributed by atoms with E-state index < -0.39 is 0 Å². The second kappa shape index (κ2) is 7.96. The van der Waals surface area contributed by atoms with Crippen molar-refractivity contribution in [3.8, 4) is 5.75 Å². The molecule has 0 saturated heterocycles. The number of rotatable bonds is 8. The molecule has 0 bridgehead atoms. The first-order valence-electron chi connectivity index (χ1n) is 6.24. The summed E-state index contributed by atoms with van der Waals surface area (Å²) in [5.74, 6) is 0.927. The molecular formula is C14H23NO2. The lowest BCUT2D eigenvalue weighted by Gasteiger charge is -2.15. The molecule has 1 atom stereocenters. The Hall–Kier alpha value is -1.22. The van der Waals surface area contributed by atoms with Crippen LogP contribution in [0, 0.1) is 0 Å². The molecule has 0 spiro atoms. The zero-order chi connectivity index (χ0) is 12.5. The maximum Gasteiger partial charge on any atom is 0.121 e. The van der Waals surface area contributed by atoms with Gasteiger partial charge in [0, 0.05) is 31.5 Å². The molecule has 0 saturated carbocycles. The highest BCUT2D eigenvalue weighted by molar-refractivity contribution is 5.48. The molecule has 96 valence electrons. The summed E-state index contributed by atoms with van der Waals surface area (Å²) in [5.41, 5.74) is 1.10. The molecule has 0 aromatic heterocycles. The Balaban J connectivity index is 2.47. The fourth-order valence-corrected chi connectivity index (χ4v) is 1.55. The third-order valence-corrected chi connectivity index (χ3v) is 2.47. The van der Waals surface area contributed by atoms with Crippen molar-refractivity contribution in [1.29, 1.82) is 0 Å². The van der Waals surface area contributed by atoms with Crippen molar-refractivity contribution < 1.29 is 9.47 Å². The summed E-state index contributed by atoms with van der Waals surface area (Å²) in [6, 6.07) is 8.49. The van der Waals surface area contributed by atoms with Crippen LogP contribution >= 0.6 is 0 Å². The van der Waals surface area contributed by atoms with Gasteiger partial charge in [-0.25, -0.2) is 0 Å². The van der Waals surface area contributed by atoms with E-state index >= 15 is 0 Å². The second-order valence-electron chi connectivity index (χ2n) is 4.20. The summed E-state index contributed by atoms with van der Waals surface area (Å²) in [6.07, 6.45) is 2.03. The molecule has 0 aliphatic rings. The van der Waals surface area contributed by atoms with Crippen LogP contribution in [0.3, 0.4) is 0 Å². The number of anilines is 1. The van der Waals surface area contributed by atoms with Gasteiger partial charge in [-0.1, -0.05) is 13.0 Å². The summed E-state index contributed by atoms with van der Waals surface area (Å²) in [6.45, 7) is 5.80. The molecule has 0 heterocycles. The number of hydrogen-bond acceptors (Lipinski definition) is 3. The molecule has 1 unspecified atom stereocenters. The van der Waals surface area contributed by atoms with Crippen LogP contribution < -0.4 is 10.1 Å². The lowest BCUT2D eigenvalue weighted by Crippen LogP contribution is -2.17. The van der Waals surface area contributed by atoms with Gasteiger partial charge in [0.05, 0.1) is 6.61 Å². The smallest absolute Gasteiger partial charge is 0.121 e. The topological polar surface area (TPSA) is 30.5 Å². The van der Waals surface area contributed by atoms with Crippen LogP contribution in [0.1, 0.15) is 26.7 Å². The van der Waals surface area contributed by atoms with Gasteiger partial charge in [0.15, 0.2) is 0 Å². The average molecular weight is 237 g/mol. The van der Waals surface area contributed by atoms with Crippen LogP contribution in [0.15, 0.2) is 24.3 Å². The Bertz CT molecular complexity index is 315. The molecule has 0 aliphatic heterocycles. The Kier molecular flexibility index (Phi) is 6.48. The fourth-order valence-electron chi connectivity index (χ4n) is 1.55. The normalized spacial score (nSPS) is 12.2. The molecule has 1 aromatic rings. The maximum atomic E-state index is 5.59. The summed E-state index contributed by atoms with van der Waals surface area (Å²) >= 11 is 0. The van der Waals surface area contributed by atoms with Crippen molar-refractivity contribution in [2.24, 2.45) is 0 Å². The minimum Gasteiger partial charge on any atom is -0.494 e. The van der Waals surface area contributed by atoms with Crippen LogP contribution in [0.4, 0.5) is 5.69 Å². The Labute approximate surface area is 104 Å². The molecule has 0 aliphatic carbocycles. The largest absolute Gasteiger partial charge is 0.494 e. The van der Waals surface area contributed by atoms with Crippen molar-refractivity contribution in [1.82, 2.24) is 0 Å². The standard InChI is InChI=1S/C14H23NO2/c1-4-9-17-14-7-5-6-13(11-14)15-12(2)8-10-16-3/h5-7,11-12,15H,4,8-10H2,1-3H3. The average Bonchev–Trinajstić information content (AvgIpc) is 2.34. The van der Waals surface area contributed by atoms with Gasteiger partial charge in [-0.2, -0.15) is 0 Å². The van der Waals surface area contributed by atoms with E-state index in [1.807, 2.05) is 18.2 Å². The molecule has 0 radical (unpaired) electrons. The van der Waals surface area contributed by atoms with E-state index in [2.05, 4.69) is 25.2 Å². The number of benzene rings is 1. The summed E-state index contributed by atoms with van der Waals surface area (Å²) in [4.78, 5) is 0. The van der Waals surface area contributed by atoms with Crippen LogP contribution in [-0.4, -0.2) is 26.4 Å². The van der Waals surface area contributed by atoms with Crippen molar-refractivity contribution in [3.63, 3.8) is 0 Å². The van der Waals surface area contributed by atoms with Gasteiger partial charge in [0.1, 0.15) is 5.75 Å². The molecule has 3 nitrogen and oxygen atoms in total. The highest BCUT2D eigenvalue weighted by atomic mass is 16.5. The van der Waals surface area contributed by atoms with E-state index in [9.17, 15) is 0 Å². The van der Waals surface area contributed by atoms with E-state index in [1.54, 1.807) is 7.11 Å². The molecule has 1 aromatic carbocycles. The Morgan fingerprint density at radius 2 is 2.12 bits per heavy atom. The molecule has 17 heavy (non-hydrogen) atoms. The summed E-state index contributed by atoms with van der Waals surface area (Å²) in [7, 11) is 1.73. The number of hydrogen-bond donors (Lipinski definition) is 1. The molecule has 1 N–H and O–H groups in total. The molecule has 0 amide bonds. The van der Waals surface area contributed by atoms with Crippen molar-refractivity contribution in [2.75, 3.05) is 25.6 Å². The van der Waals surface area contributed by atoms with Crippen molar-refractivity contribution in [2.45, 2.75) is 32.7 Å². The van der Waals surface area contributed by atoms with Gasteiger partial charge in [-0.15, -0.1) is 0 Å². The highest BCUT2D eigenvalue weighted by Gasteiger charge is 2.02. The molecule has 3 heteroatoms. The predicted octanol–water partition coefficient (Wildman–Crippen LogP) is 3.31. The maximum absolute atomic E-state index is 5.59. The second-order valence-corrected chi connectivity index (χ2v) is 4.20. The van der Waals surface area contributed by atoms with Crippen molar-refractivity contribution in [3.05, 3.63) is 24.3 Å². The minimum absolute atomic E-state index is 0.399. The van der Waals surface area contributed by atoms with Gasteiger partial charge in [-0.05, 0) is 31.9 Å². The third-order valence-electron chi connectivity index (χ3n) is 2.47. The SMILES string of the molecule is CCCOc1cccc(NC(C)CCOC)c1. The third kappa shape index (κ3) is 5.59. The van der Waals surface area contributed by atoms with Crippen LogP contribution in [0.25, 0.3) is 0 Å². The Morgan fingerprint density at radius 3 is 2.82 bits per heavy atom. The van der Waals surface area contributed by atoms with Gasteiger partial charge < -0.3 is 14.8 Å². The first kappa shape index (κ1) is 13.8. The number of nitrogens with one attached hydrogen (secondary N) is 1. The predicted molar refractivity (Wildman–Crippen MR) is 71.8 cm³/mol. The van der Waals surface area contributed by atoms with Gasteiger partial charge in [0.25, 0.3) is 0 Å². The van der Waals surface area contributed by atoms with Gasteiger partial charge >= 0.3 is 0 Å². The quantitative estimate of drug-likeness (QED) is 0.752. The molecular weight excluding hydrogens is 214 g/mol. The number of methoxy groups -OCH3 is 1. The highest BCUT2D eigenvalue weighted by Crippen LogP contribution is 2.18. The van der Waals surface area contributed by atoms with Gasteiger partial charge in [0.2, 0.25) is 0 Å². The van der Waals surface area contributed by atoms with Crippen LogP contribution in [0.5, 0.6) is 5.75 Å². The monoisotopic (exact) mass is 237 g/mol. The van der Waals surface area contributed by atoms with E-state index in [4.69, 9.17) is 9.47 Å². The molecule has 0 fully saturated rings. The van der Waals surface area contributed by atoms with E-state index in [1.165, 1.54) is 0 Å². The zero-order valence-corrected chi connectivity index (χ0v) is 11.0. The lowest BCUT2D eigenvalue weighted by atomic mass is 10.2. The zero-order valence-electron chi connectivity index (χ0n) is 11.0. The first-order chi connectivity index (χ1) is 8.26. The summed E-state index contributed by atoms with van der Waals surface area (Å²) < 4.78 is 10.7. The minimum atomic E-state index is 0.399. The lowest BCUT2D eigenvalue weighted by molar-refractivity contribution is 0.191. The van der Waals surface area contributed by atoms with Crippen molar-refractivity contribution >= 4 is 5.69 Å².